The molecule has 3 nitrogen and oxygen atoms in total. The van der Waals surface area contributed by atoms with Gasteiger partial charge in [0.2, 0.25) is 0 Å². The van der Waals surface area contributed by atoms with E-state index in [0.717, 1.165) is 25.1 Å². The molecule has 0 saturated heterocycles. The molecule has 0 amide bonds. The molecular formula is C10H19N3. The smallest absolute Gasteiger partial charge is 0.0624 e. The van der Waals surface area contributed by atoms with E-state index in [4.69, 9.17) is 5.73 Å². The van der Waals surface area contributed by atoms with E-state index in [1.807, 2.05) is 11.6 Å². The highest BCUT2D eigenvalue weighted by Crippen LogP contribution is 2.07. The molecule has 1 aromatic rings. The monoisotopic (exact) mass is 181 g/mol. The van der Waals surface area contributed by atoms with Crippen LogP contribution >= 0.6 is 0 Å². The van der Waals surface area contributed by atoms with Crippen molar-refractivity contribution in [3.05, 3.63) is 17.5 Å². The second kappa shape index (κ2) is 4.42. The molecule has 1 unspecified atom stereocenters. The zero-order valence-corrected chi connectivity index (χ0v) is 8.75. The highest BCUT2D eigenvalue weighted by molar-refractivity contribution is 5.11. The second-order valence-electron chi connectivity index (χ2n) is 3.48. The maximum absolute atomic E-state index is 5.76. The average molecular weight is 181 g/mol. The first-order valence-corrected chi connectivity index (χ1v) is 4.98. The number of rotatable bonds is 4. The number of aryl methyl sites for hydroxylation is 2. The maximum atomic E-state index is 5.76. The zero-order valence-electron chi connectivity index (χ0n) is 8.75. The predicted octanol–water partition coefficient (Wildman–Crippen LogP) is 1.36. The van der Waals surface area contributed by atoms with E-state index < -0.39 is 0 Å². The Balaban J connectivity index is 2.84. The molecule has 1 atom stereocenters. The van der Waals surface area contributed by atoms with E-state index in [1.165, 1.54) is 5.69 Å². The number of nitrogens with two attached hydrogens (primary N) is 1. The van der Waals surface area contributed by atoms with Crippen molar-refractivity contribution < 1.29 is 0 Å². The summed E-state index contributed by atoms with van der Waals surface area (Å²) in [5, 5.41) is 4.46. The van der Waals surface area contributed by atoms with Crippen LogP contribution in [0.4, 0.5) is 0 Å². The van der Waals surface area contributed by atoms with Gasteiger partial charge in [-0.1, -0.05) is 6.92 Å². The molecule has 0 spiro atoms. The van der Waals surface area contributed by atoms with Crippen molar-refractivity contribution in [1.29, 1.82) is 0 Å². The fraction of sp³-hybridized carbons (Fsp3) is 0.700. The molecule has 0 bridgehead atoms. The molecule has 3 heteroatoms. The fourth-order valence-electron chi connectivity index (χ4n) is 1.46. The van der Waals surface area contributed by atoms with Gasteiger partial charge in [-0.3, -0.25) is 4.68 Å². The molecule has 74 valence electrons. The molecular weight excluding hydrogens is 162 g/mol. The number of hydrogen-bond donors (Lipinski definition) is 1. The molecule has 0 aromatic carbocycles. The van der Waals surface area contributed by atoms with Crippen molar-refractivity contribution in [3.63, 3.8) is 0 Å². The van der Waals surface area contributed by atoms with Gasteiger partial charge in [0.05, 0.1) is 5.69 Å². The van der Waals surface area contributed by atoms with Crippen molar-refractivity contribution in [2.75, 3.05) is 0 Å². The molecule has 0 aliphatic rings. The predicted molar refractivity (Wildman–Crippen MR) is 54.6 cm³/mol. The summed E-state index contributed by atoms with van der Waals surface area (Å²) in [5.74, 6) is 0. The molecule has 0 radical (unpaired) electrons. The van der Waals surface area contributed by atoms with Gasteiger partial charge in [-0.2, -0.15) is 5.10 Å². The molecule has 0 fully saturated rings. The van der Waals surface area contributed by atoms with E-state index in [-0.39, 0.29) is 6.04 Å². The van der Waals surface area contributed by atoms with E-state index >= 15 is 0 Å². The Morgan fingerprint density at radius 3 is 2.69 bits per heavy atom. The molecule has 1 aromatic heterocycles. The van der Waals surface area contributed by atoms with Crippen molar-refractivity contribution in [2.45, 2.75) is 46.2 Å². The van der Waals surface area contributed by atoms with Gasteiger partial charge in [0, 0.05) is 24.7 Å². The summed E-state index contributed by atoms with van der Waals surface area (Å²) in [6.45, 7) is 7.19. The minimum absolute atomic E-state index is 0.215. The van der Waals surface area contributed by atoms with Crippen LogP contribution in [0, 0.1) is 0 Å². The van der Waals surface area contributed by atoms with Crippen LogP contribution in [0.2, 0.25) is 0 Å². The minimum atomic E-state index is 0.215. The van der Waals surface area contributed by atoms with Crippen LogP contribution in [0.15, 0.2) is 6.07 Å². The van der Waals surface area contributed by atoms with Crippen molar-refractivity contribution in [3.8, 4) is 0 Å². The Bertz CT molecular complexity index is 263. The lowest BCUT2D eigenvalue weighted by Gasteiger charge is -2.06. The van der Waals surface area contributed by atoms with Crippen molar-refractivity contribution >= 4 is 0 Å². The van der Waals surface area contributed by atoms with Crippen LogP contribution in [0.5, 0.6) is 0 Å². The summed E-state index contributed by atoms with van der Waals surface area (Å²) in [7, 11) is 0. The van der Waals surface area contributed by atoms with E-state index in [9.17, 15) is 0 Å². The average Bonchev–Trinajstić information content (AvgIpc) is 2.46. The number of aromatic nitrogens is 2. The van der Waals surface area contributed by atoms with Gasteiger partial charge < -0.3 is 5.73 Å². The zero-order chi connectivity index (χ0) is 9.84. The third kappa shape index (κ3) is 2.56. The largest absolute Gasteiger partial charge is 0.328 e. The molecule has 0 aliphatic carbocycles. The fourth-order valence-corrected chi connectivity index (χ4v) is 1.46. The van der Waals surface area contributed by atoms with E-state index in [1.54, 1.807) is 0 Å². The third-order valence-corrected chi connectivity index (χ3v) is 2.11. The van der Waals surface area contributed by atoms with Gasteiger partial charge in [0.15, 0.2) is 0 Å². The maximum Gasteiger partial charge on any atom is 0.0624 e. The summed E-state index contributed by atoms with van der Waals surface area (Å²) in [4.78, 5) is 0. The van der Waals surface area contributed by atoms with Gasteiger partial charge in [-0.05, 0) is 26.3 Å². The first kappa shape index (κ1) is 10.3. The minimum Gasteiger partial charge on any atom is -0.328 e. The van der Waals surface area contributed by atoms with Crippen LogP contribution in [0.3, 0.4) is 0 Å². The van der Waals surface area contributed by atoms with Crippen LogP contribution in [-0.4, -0.2) is 15.8 Å². The van der Waals surface area contributed by atoms with Crippen LogP contribution in [0.25, 0.3) is 0 Å². The van der Waals surface area contributed by atoms with Gasteiger partial charge in [0.1, 0.15) is 0 Å². The Labute approximate surface area is 79.9 Å². The number of hydrogen-bond acceptors (Lipinski definition) is 2. The Morgan fingerprint density at radius 1 is 1.54 bits per heavy atom. The molecule has 1 heterocycles. The highest BCUT2D eigenvalue weighted by atomic mass is 15.3. The third-order valence-electron chi connectivity index (χ3n) is 2.11. The first-order chi connectivity index (χ1) is 6.17. The standard InChI is InChI=1S/C10H19N3/c1-4-9-7-10(6-8(3)11)13(5-2)12-9/h7-8H,4-6,11H2,1-3H3. The van der Waals surface area contributed by atoms with Crippen LogP contribution in [0.1, 0.15) is 32.2 Å². The molecule has 1 rings (SSSR count). The van der Waals surface area contributed by atoms with E-state index in [0.29, 0.717) is 0 Å². The van der Waals surface area contributed by atoms with Crippen molar-refractivity contribution in [2.24, 2.45) is 5.73 Å². The van der Waals surface area contributed by atoms with Gasteiger partial charge in [-0.25, -0.2) is 0 Å². The first-order valence-electron chi connectivity index (χ1n) is 4.98. The summed E-state index contributed by atoms with van der Waals surface area (Å²) in [5.41, 5.74) is 8.18. The van der Waals surface area contributed by atoms with Crippen LogP contribution < -0.4 is 5.73 Å². The Morgan fingerprint density at radius 2 is 2.23 bits per heavy atom. The van der Waals surface area contributed by atoms with Gasteiger partial charge >= 0.3 is 0 Å². The lowest BCUT2D eigenvalue weighted by molar-refractivity contribution is 0.590. The molecule has 2 N–H and O–H groups in total. The highest BCUT2D eigenvalue weighted by Gasteiger charge is 2.06. The van der Waals surface area contributed by atoms with Gasteiger partial charge in [-0.15, -0.1) is 0 Å². The molecule has 0 aliphatic heterocycles. The lowest BCUT2D eigenvalue weighted by atomic mass is 10.2. The SMILES string of the molecule is CCc1cc(CC(C)N)n(CC)n1. The van der Waals surface area contributed by atoms with Gasteiger partial charge in [0.25, 0.3) is 0 Å². The Hall–Kier alpha value is -0.830. The second-order valence-corrected chi connectivity index (χ2v) is 3.48. The van der Waals surface area contributed by atoms with E-state index in [2.05, 4.69) is 25.0 Å². The molecule has 13 heavy (non-hydrogen) atoms. The normalized spacial score (nSPS) is 13.2. The van der Waals surface area contributed by atoms with Crippen molar-refractivity contribution in [1.82, 2.24) is 9.78 Å². The number of nitrogens with zero attached hydrogens (tertiary/aromatic N) is 2. The molecule has 0 saturated carbocycles. The summed E-state index contributed by atoms with van der Waals surface area (Å²) < 4.78 is 2.04. The lowest BCUT2D eigenvalue weighted by Crippen LogP contribution is -2.20. The Kier molecular flexibility index (Phi) is 3.48. The topological polar surface area (TPSA) is 43.8 Å². The summed E-state index contributed by atoms with van der Waals surface area (Å²) in [6, 6.07) is 2.37. The quantitative estimate of drug-likeness (QED) is 0.762. The summed E-state index contributed by atoms with van der Waals surface area (Å²) >= 11 is 0. The van der Waals surface area contributed by atoms with Crippen LogP contribution in [-0.2, 0) is 19.4 Å². The summed E-state index contributed by atoms with van der Waals surface area (Å²) in [6.07, 6.45) is 1.92.